The largest absolute Gasteiger partial charge is 0.491 e. The van der Waals surface area contributed by atoms with Crippen molar-refractivity contribution in [1.82, 2.24) is 0 Å². The minimum absolute atomic E-state index is 0.0437. The minimum Gasteiger partial charge on any atom is -0.491 e. The molecule has 0 bridgehead atoms. The Morgan fingerprint density at radius 3 is 2.61 bits per heavy atom. The fourth-order valence-corrected chi connectivity index (χ4v) is 1.70. The van der Waals surface area contributed by atoms with Crippen LogP contribution in [-0.2, 0) is 4.74 Å². The second kappa shape index (κ2) is 8.95. The van der Waals surface area contributed by atoms with Crippen LogP contribution in [0.15, 0.2) is 24.3 Å². The molecule has 3 nitrogen and oxygen atoms in total. The molecule has 0 saturated heterocycles. The highest BCUT2D eigenvalue weighted by atomic mass is 16.5. The van der Waals surface area contributed by atoms with E-state index < -0.39 is 0 Å². The smallest absolute Gasteiger partial charge is 0.124 e. The molecule has 0 aliphatic heterocycles. The van der Waals surface area contributed by atoms with Gasteiger partial charge in [-0.1, -0.05) is 38.5 Å². The summed E-state index contributed by atoms with van der Waals surface area (Å²) in [5.74, 6) is 0.881. The summed E-state index contributed by atoms with van der Waals surface area (Å²) in [4.78, 5) is 0. The molecular weight excluding hydrogens is 226 g/mol. The number of benzene rings is 1. The van der Waals surface area contributed by atoms with Gasteiger partial charge in [-0.25, -0.2) is 0 Å². The van der Waals surface area contributed by atoms with Gasteiger partial charge in [0.2, 0.25) is 0 Å². The van der Waals surface area contributed by atoms with Gasteiger partial charge in [-0.3, -0.25) is 0 Å². The first-order chi connectivity index (χ1) is 8.79. The van der Waals surface area contributed by atoms with Crippen LogP contribution >= 0.6 is 0 Å². The van der Waals surface area contributed by atoms with Crippen LogP contribution in [0, 0.1) is 0 Å². The van der Waals surface area contributed by atoms with Crippen molar-refractivity contribution >= 4 is 0 Å². The average Bonchev–Trinajstić information content (AvgIpc) is 2.42. The van der Waals surface area contributed by atoms with Crippen molar-refractivity contribution in [2.45, 2.75) is 39.2 Å². The fraction of sp³-hybridized carbons (Fsp3) is 0.600. The summed E-state index contributed by atoms with van der Waals surface area (Å²) in [5, 5.41) is 0. The van der Waals surface area contributed by atoms with Gasteiger partial charge in [0.25, 0.3) is 0 Å². The van der Waals surface area contributed by atoms with Crippen molar-refractivity contribution in [3.63, 3.8) is 0 Å². The van der Waals surface area contributed by atoms with E-state index in [1.807, 2.05) is 24.3 Å². The summed E-state index contributed by atoms with van der Waals surface area (Å²) in [6.45, 7) is 6.26. The predicted molar refractivity (Wildman–Crippen MR) is 74.9 cm³/mol. The standard InChI is InChI=1S/C15H25NO2/c1-3-5-10-17-11-12-18-15-9-7-6-8-13(15)14(16)4-2/h6-9,14H,3-5,10-12,16H2,1-2H3/t14-/m1/s1. The van der Waals surface area contributed by atoms with Gasteiger partial charge < -0.3 is 15.2 Å². The summed E-state index contributed by atoms with van der Waals surface area (Å²) in [5.41, 5.74) is 7.13. The average molecular weight is 251 g/mol. The molecule has 1 rings (SSSR count). The second-order valence-electron chi connectivity index (χ2n) is 4.37. The molecule has 0 spiro atoms. The van der Waals surface area contributed by atoms with Gasteiger partial charge >= 0.3 is 0 Å². The lowest BCUT2D eigenvalue weighted by molar-refractivity contribution is 0.0976. The molecule has 0 saturated carbocycles. The zero-order valence-corrected chi connectivity index (χ0v) is 11.5. The van der Waals surface area contributed by atoms with Crippen LogP contribution in [0.2, 0.25) is 0 Å². The van der Waals surface area contributed by atoms with Gasteiger partial charge in [-0.05, 0) is 18.9 Å². The van der Waals surface area contributed by atoms with Gasteiger partial charge in [0.15, 0.2) is 0 Å². The Morgan fingerprint density at radius 1 is 1.11 bits per heavy atom. The number of ether oxygens (including phenoxy) is 2. The van der Waals surface area contributed by atoms with Crippen LogP contribution in [0.3, 0.4) is 0 Å². The summed E-state index contributed by atoms with van der Waals surface area (Å²) >= 11 is 0. The fourth-order valence-electron chi connectivity index (χ4n) is 1.70. The minimum atomic E-state index is 0.0437. The molecule has 0 unspecified atom stereocenters. The van der Waals surface area contributed by atoms with Crippen molar-refractivity contribution < 1.29 is 9.47 Å². The van der Waals surface area contributed by atoms with E-state index in [9.17, 15) is 0 Å². The third-order valence-electron chi connectivity index (χ3n) is 2.89. The Labute approximate surface area is 110 Å². The van der Waals surface area contributed by atoms with Crippen molar-refractivity contribution in [1.29, 1.82) is 0 Å². The number of hydrogen-bond acceptors (Lipinski definition) is 3. The normalized spacial score (nSPS) is 12.4. The number of rotatable bonds is 9. The SMILES string of the molecule is CCCCOCCOc1ccccc1[C@H](N)CC. The zero-order valence-electron chi connectivity index (χ0n) is 11.5. The molecule has 3 heteroatoms. The molecule has 0 amide bonds. The summed E-state index contributed by atoms with van der Waals surface area (Å²) in [7, 11) is 0. The highest BCUT2D eigenvalue weighted by Crippen LogP contribution is 2.25. The van der Waals surface area contributed by atoms with Crippen LogP contribution in [-0.4, -0.2) is 19.8 Å². The summed E-state index contributed by atoms with van der Waals surface area (Å²) in [6, 6.07) is 8.01. The summed E-state index contributed by atoms with van der Waals surface area (Å²) < 4.78 is 11.2. The van der Waals surface area contributed by atoms with Crippen LogP contribution in [0.1, 0.15) is 44.7 Å². The van der Waals surface area contributed by atoms with E-state index in [2.05, 4.69) is 13.8 Å². The molecule has 0 heterocycles. The quantitative estimate of drug-likeness (QED) is 0.685. The topological polar surface area (TPSA) is 44.5 Å². The Morgan fingerprint density at radius 2 is 1.89 bits per heavy atom. The molecule has 1 atom stereocenters. The van der Waals surface area contributed by atoms with Crippen molar-refractivity contribution in [3.8, 4) is 5.75 Å². The Kier molecular flexibility index (Phi) is 7.46. The Hall–Kier alpha value is -1.06. The first-order valence-electron chi connectivity index (χ1n) is 6.84. The van der Waals surface area contributed by atoms with Gasteiger partial charge in [-0.15, -0.1) is 0 Å². The lowest BCUT2D eigenvalue weighted by Crippen LogP contribution is -2.13. The Balaban J connectivity index is 2.37. The molecule has 0 aromatic heterocycles. The number of unbranched alkanes of at least 4 members (excludes halogenated alkanes) is 1. The number of hydrogen-bond donors (Lipinski definition) is 1. The van der Waals surface area contributed by atoms with E-state index >= 15 is 0 Å². The van der Waals surface area contributed by atoms with Gasteiger partial charge in [0.1, 0.15) is 12.4 Å². The maximum Gasteiger partial charge on any atom is 0.124 e. The van der Waals surface area contributed by atoms with E-state index in [1.54, 1.807) is 0 Å². The van der Waals surface area contributed by atoms with Gasteiger partial charge in [0.05, 0.1) is 6.61 Å². The van der Waals surface area contributed by atoms with Crippen molar-refractivity contribution in [2.75, 3.05) is 19.8 Å². The van der Waals surface area contributed by atoms with Crippen LogP contribution in [0.4, 0.5) is 0 Å². The third kappa shape index (κ3) is 5.07. The second-order valence-corrected chi connectivity index (χ2v) is 4.37. The van der Waals surface area contributed by atoms with E-state index in [0.29, 0.717) is 13.2 Å². The van der Waals surface area contributed by atoms with Crippen LogP contribution in [0.25, 0.3) is 0 Å². The Bertz CT molecular complexity index is 328. The van der Waals surface area contributed by atoms with E-state index in [4.69, 9.17) is 15.2 Å². The monoisotopic (exact) mass is 251 g/mol. The maximum atomic E-state index is 6.05. The molecule has 1 aromatic rings. The molecule has 18 heavy (non-hydrogen) atoms. The molecule has 0 aliphatic carbocycles. The first kappa shape index (κ1) is 15.0. The lowest BCUT2D eigenvalue weighted by atomic mass is 10.0. The van der Waals surface area contributed by atoms with Gasteiger partial charge in [-0.2, -0.15) is 0 Å². The van der Waals surface area contributed by atoms with E-state index in [0.717, 1.165) is 37.2 Å². The number of nitrogens with two attached hydrogens (primary N) is 1. The number of para-hydroxylation sites is 1. The molecule has 0 aliphatic rings. The van der Waals surface area contributed by atoms with E-state index in [-0.39, 0.29) is 6.04 Å². The van der Waals surface area contributed by atoms with Crippen LogP contribution < -0.4 is 10.5 Å². The molecule has 1 aromatic carbocycles. The predicted octanol–water partition coefficient (Wildman–Crippen LogP) is 3.29. The maximum absolute atomic E-state index is 6.05. The van der Waals surface area contributed by atoms with E-state index in [1.165, 1.54) is 0 Å². The molecule has 0 radical (unpaired) electrons. The van der Waals surface area contributed by atoms with Gasteiger partial charge in [0, 0.05) is 18.2 Å². The van der Waals surface area contributed by atoms with Crippen molar-refractivity contribution in [3.05, 3.63) is 29.8 Å². The highest BCUT2D eigenvalue weighted by Gasteiger charge is 2.09. The van der Waals surface area contributed by atoms with Crippen LogP contribution in [0.5, 0.6) is 5.75 Å². The van der Waals surface area contributed by atoms with Crippen molar-refractivity contribution in [2.24, 2.45) is 5.73 Å². The molecule has 0 fully saturated rings. The summed E-state index contributed by atoms with van der Waals surface area (Å²) in [6.07, 6.45) is 3.18. The molecular formula is C15H25NO2. The zero-order chi connectivity index (χ0) is 13.2. The molecule has 102 valence electrons. The lowest BCUT2D eigenvalue weighted by Gasteiger charge is -2.15. The first-order valence-corrected chi connectivity index (χ1v) is 6.84. The molecule has 2 N–H and O–H groups in total. The third-order valence-corrected chi connectivity index (χ3v) is 2.89. The highest BCUT2D eigenvalue weighted by molar-refractivity contribution is 5.35.